The van der Waals surface area contributed by atoms with Gasteiger partial charge in [-0.15, -0.1) is 0 Å². The van der Waals surface area contributed by atoms with Crippen LogP contribution >= 0.6 is 11.6 Å². The molecule has 2 heterocycles. The maximum Gasteiger partial charge on any atom is 0.229 e. The van der Waals surface area contributed by atoms with E-state index in [1.807, 2.05) is 17.8 Å². The number of halogens is 1. The number of anilines is 3. The minimum Gasteiger partial charge on any atom is -0.372 e. The molecular formula is C12H17ClN6. The predicted octanol–water partition coefficient (Wildman–Crippen LogP) is 3.00. The summed E-state index contributed by atoms with van der Waals surface area (Å²) in [6, 6.07) is 0.313. The highest BCUT2D eigenvalue weighted by atomic mass is 35.5. The molecule has 6 nitrogen and oxygen atoms in total. The number of aromatic nitrogens is 4. The van der Waals surface area contributed by atoms with Gasteiger partial charge in [-0.05, 0) is 20.8 Å². The van der Waals surface area contributed by atoms with E-state index in [-0.39, 0.29) is 0 Å². The lowest BCUT2D eigenvalue weighted by Gasteiger charge is -2.06. The summed E-state index contributed by atoms with van der Waals surface area (Å²) in [6.45, 7) is 6.10. The molecule has 0 saturated carbocycles. The zero-order valence-corrected chi connectivity index (χ0v) is 12.2. The van der Waals surface area contributed by atoms with E-state index in [2.05, 4.69) is 39.5 Å². The smallest absolute Gasteiger partial charge is 0.229 e. The lowest BCUT2D eigenvalue weighted by Crippen LogP contribution is -2.01. The number of hydrogen-bond donors (Lipinski definition) is 2. The van der Waals surface area contributed by atoms with Crippen molar-refractivity contribution in [2.75, 3.05) is 17.7 Å². The zero-order chi connectivity index (χ0) is 14.0. The van der Waals surface area contributed by atoms with Gasteiger partial charge in [0.25, 0.3) is 0 Å². The molecule has 0 aliphatic carbocycles. The van der Waals surface area contributed by atoms with Gasteiger partial charge >= 0.3 is 0 Å². The highest BCUT2D eigenvalue weighted by molar-refractivity contribution is 6.32. The molecule has 19 heavy (non-hydrogen) atoms. The molecule has 0 bridgehead atoms. The van der Waals surface area contributed by atoms with Crippen molar-refractivity contribution in [3.63, 3.8) is 0 Å². The molecule has 0 aromatic carbocycles. The summed E-state index contributed by atoms with van der Waals surface area (Å²) in [7, 11) is 1.76. The van der Waals surface area contributed by atoms with Gasteiger partial charge in [0.15, 0.2) is 0 Å². The summed E-state index contributed by atoms with van der Waals surface area (Å²) in [6.07, 6.45) is 3.50. The van der Waals surface area contributed by atoms with Crippen LogP contribution in [0, 0.1) is 6.92 Å². The topological polar surface area (TPSA) is 67.7 Å². The maximum atomic E-state index is 5.94. The largest absolute Gasteiger partial charge is 0.372 e. The molecule has 2 N–H and O–H groups in total. The number of nitrogens with one attached hydrogen (secondary N) is 2. The first-order valence-corrected chi connectivity index (χ1v) is 6.42. The fourth-order valence-corrected chi connectivity index (χ4v) is 1.78. The maximum absolute atomic E-state index is 5.94. The van der Waals surface area contributed by atoms with Crippen LogP contribution in [0.4, 0.5) is 17.5 Å². The average molecular weight is 281 g/mol. The molecule has 0 aliphatic heterocycles. The Morgan fingerprint density at radius 2 is 2.11 bits per heavy atom. The second kappa shape index (κ2) is 5.44. The Bertz CT molecular complexity index is 578. The Morgan fingerprint density at radius 3 is 2.68 bits per heavy atom. The van der Waals surface area contributed by atoms with Crippen LogP contribution in [-0.4, -0.2) is 26.8 Å². The van der Waals surface area contributed by atoms with Crippen molar-refractivity contribution in [2.45, 2.75) is 26.8 Å². The first-order valence-electron chi connectivity index (χ1n) is 6.04. The Morgan fingerprint density at radius 1 is 1.37 bits per heavy atom. The molecule has 2 aromatic heterocycles. The van der Waals surface area contributed by atoms with E-state index in [0.717, 1.165) is 11.4 Å². The van der Waals surface area contributed by atoms with Crippen LogP contribution in [-0.2, 0) is 0 Å². The minimum atomic E-state index is 0.313. The van der Waals surface area contributed by atoms with E-state index >= 15 is 0 Å². The van der Waals surface area contributed by atoms with Crippen LogP contribution in [0.3, 0.4) is 0 Å². The molecule has 0 aliphatic rings. The molecule has 102 valence electrons. The fourth-order valence-electron chi connectivity index (χ4n) is 1.59. The standard InChI is InChI=1S/C12H17ClN6/c1-7(2)19-6-10(8(3)18-19)16-12-15-5-9(13)11(14-4)17-12/h5-7H,1-4H3,(H2,14,15,16,17). The summed E-state index contributed by atoms with van der Waals surface area (Å²) in [5.74, 6) is 1.08. The molecule has 0 atom stereocenters. The van der Waals surface area contributed by atoms with Crippen molar-refractivity contribution in [2.24, 2.45) is 0 Å². The second-order valence-electron chi connectivity index (χ2n) is 4.47. The zero-order valence-electron chi connectivity index (χ0n) is 11.4. The van der Waals surface area contributed by atoms with Crippen molar-refractivity contribution in [3.8, 4) is 0 Å². The summed E-state index contributed by atoms with van der Waals surface area (Å²) < 4.78 is 1.90. The molecule has 2 rings (SSSR count). The third-order valence-corrected chi connectivity index (χ3v) is 2.95. The predicted molar refractivity (Wildman–Crippen MR) is 77.2 cm³/mol. The first-order chi connectivity index (χ1) is 9.01. The van der Waals surface area contributed by atoms with Gasteiger partial charge in [0.05, 0.1) is 17.6 Å². The van der Waals surface area contributed by atoms with Crippen molar-refractivity contribution in [1.82, 2.24) is 19.7 Å². The van der Waals surface area contributed by atoms with E-state index in [1.165, 1.54) is 0 Å². The molecule has 2 aromatic rings. The molecule has 0 fully saturated rings. The number of aryl methyl sites for hydroxylation is 1. The van der Waals surface area contributed by atoms with Crippen molar-refractivity contribution in [1.29, 1.82) is 0 Å². The Kier molecular flexibility index (Phi) is 3.90. The van der Waals surface area contributed by atoms with Crippen LogP contribution in [0.1, 0.15) is 25.6 Å². The van der Waals surface area contributed by atoms with Gasteiger partial charge in [-0.2, -0.15) is 10.1 Å². The lowest BCUT2D eigenvalue weighted by atomic mass is 10.4. The van der Waals surface area contributed by atoms with Gasteiger partial charge in [-0.3, -0.25) is 4.68 Å². The van der Waals surface area contributed by atoms with E-state index in [4.69, 9.17) is 11.6 Å². The van der Waals surface area contributed by atoms with E-state index in [9.17, 15) is 0 Å². The normalized spacial score (nSPS) is 10.8. The van der Waals surface area contributed by atoms with Crippen LogP contribution in [0.15, 0.2) is 12.4 Å². The lowest BCUT2D eigenvalue weighted by molar-refractivity contribution is 0.529. The minimum absolute atomic E-state index is 0.313. The van der Waals surface area contributed by atoms with Gasteiger partial charge in [0, 0.05) is 19.3 Å². The highest BCUT2D eigenvalue weighted by Gasteiger charge is 2.09. The van der Waals surface area contributed by atoms with Crippen LogP contribution in [0.2, 0.25) is 5.02 Å². The second-order valence-corrected chi connectivity index (χ2v) is 4.87. The third-order valence-electron chi connectivity index (χ3n) is 2.67. The summed E-state index contributed by atoms with van der Waals surface area (Å²) in [5, 5.41) is 11.0. The molecule has 0 saturated heterocycles. The van der Waals surface area contributed by atoms with Gasteiger partial charge in [-0.25, -0.2) is 4.98 Å². The molecule has 7 heteroatoms. The van der Waals surface area contributed by atoms with E-state index in [1.54, 1.807) is 13.2 Å². The Labute approximate surface area is 117 Å². The van der Waals surface area contributed by atoms with E-state index in [0.29, 0.717) is 22.8 Å². The number of rotatable bonds is 4. The highest BCUT2D eigenvalue weighted by Crippen LogP contribution is 2.22. The molecule has 0 amide bonds. The summed E-state index contributed by atoms with van der Waals surface area (Å²) in [4.78, 5) is 8.43. The monoisotopic (exact) mass is 280 g/mol. The van der Waals surface area contributed by atoms with Crippen LogP contribution < -0.4 is 10.6 Å². The number of hydrogen-bond acceptors (Lipinski definition) is 5. The molecule has 0 unspecified atom stereocenters. The van der Waals surface area contributed by atoms with Gasteiger partial charge in [0.2, 0.25) is 5.95 Å². The Balaban J connectivity index is 2.26. The summed E-state index contributed by atoms with van der Waals surface area (Å²) in [5.41, 5.74) is 1.79. The van der Waals surface area contributed by atoms with Gasteiger partial charge in [0.1, 0.15) is 10.8 Å². The third kappa shape index (κ3) is 2.96. The molecule has 0 spiro atoms. The first kappa shape index (κ1) is 13.6. The molecule has 0 radical (unpaired) electrons. The fraction of sp³-hybridized carbons (Fsp3) is 0.417. The van der Waals surface area contributed by atoms with Crippen LogP contribution in [0.5, 0.6) is 0 Å². The summed E-state index contributed by atoms with van der Waals surface area (Å²) >= 11 is 5.94. The number of nitrogens with zero attached hydrogens (tertiary/aromatic N) is 4. The van der Waals surface area contributed by atoms with Crippen LogP contribution in [0.25, 0.3) is 0 Å². The molecular weight excluding hydrogens is 264 g/mol. The average Bonchev–Trinajstić information content (AvgIpc) is 2.73. The quantitative estimate of drug-likeness (QED) is 0.901. The van der Waals surface area contributed by atoms with Gasteiger partial charge < -0.3 is 10.6 Å². The Hall–Kier alpha value is -1.82. The SMILES string of the molecule is CNc1nc(Nc2cn(C(C)C)nc2C)ncc1Cl. The van der Waals surface area contributed by atoms with Gasteiger partial charge in [-0.1, -0.05) is 11.6 Å². The van der Waals surface area contributed by atoms with Crippen molar-refractivity contribution < 1.29 is 0 Å². The van der Waals surface area contributed by atoms with Crippen molar-refractivity contribution >= 4 is 29.1 Å². The van der Waals surface area contributed by atoms with E-state index < -0.39 is 0 Å². The van der Waals surface area contributed by atoms with Crippen molar-refractivity contribution in [3.05, 3.63) is 23.1 Å².